The van der Waals surface area contributed by atoms with Crippen LogP contribution in [-0.2, 0) is 21.8 Å². The van der Waals surface area contributed by atoms with Crippen LogP contribution in [0.15, 0.2) is 53.9 Å². The molecule has 0 aliphatic heterocycles. The second-order valence-corrected chi connectivity index (χ2v) is 9.38. The second kappa shape index (κ2) is 7.40. The van der Waals surface area contributed by atoms with Gasteiger partial charge in [-0.05, 0) is 54.4 Å². The molecule has 0 fully saturated rings. The maximum atomic E-state index is 13.0. The molecule has 0 amide bonds. The van der Waals surface area contributed by atoms with Gasteiger partial charge in [-0.2, -0.15) is 17.5 Å². The smallest absolute Gasteiger partial charge is 0.236 e. The van der Waals surface area contributed by atoms with Crippen molar-refractivity contribution in [3.63, 3.8) is 0 Å². The van der Waals surface area contributed by atoms with Gasteiger partial charge in [0.2, 0.25) is 0 Å². The fraction of sp³-hybridized carbons (Fsp3) is 0.158. The number of aryl methyl sites for hydroxylation is 1. The van der Waals surface area contributed by atoms with Gasteiger partial charge >= 0.3 is 6.18 Å². The zero-order valence-corrected chi connectivity index (χ0v) is 17.0. The molecule has 0 aliphatic rings. The summed E-state index contributed by atoms with van der Waals surface area (Å²) in [6.45, 7) is 1.57. The van der Waals surface area contributed by atoms with Crippen LogP contribution in [0.4, 0.5) is 13.2 Å². The Morgan fingerprint density at radius 2 is 1.80 bits per heavy atom. The van der Waals surface area contributed by atoms with E-state index in [1.807, 2.05) is 0 Å². The summed E-state index contributed by atoms with van der Waals surface area (Å²) >= 11 is 1.01. The van der Waals surface area contributed by atoms with Crippen LogP contribution in [0.2, 0.25) is 0 Å². The van der Waals surface area contributed by atoms with Crippen molar-refractivity contribution in [1.29, 1.82) is 0 Å². The van der Waals surface area contributed by atoms with Gasteiger partial charge in [0.15, 0.2) is 9.84 Å². The van der Waals surface area contributed by atoms with Gasteiger partial charge in [0.05, 0.1) is 21.7 Å². The minimum absolute atomic E-state index is 0.0685. The molecule has 11 heteroatoms. The summed E-state index contributed by atoms with van der Waals surface area (Å²) in [5, 5.41) is 0.911. The molecular weight excluding hydrogens is 437 g/mol. The number of sulfone groups is 1. The number of halogens is 3. The van der Waals surface area contributed by atoms with E-state index in [2.05, 4.69) is 19.3 Å². The van der Waals surface area contributed by atoms with Gasteiger partial charge < -0.3 is 0 Å². The van der Waals surface area contributed by atoms with Gasteiger partial charge in [-0.3, -0.25) is 0 Å². The minimum Gasteiger partial charge on any atom is -0.236 e. The summed E-state index contributed by atoms with van der Waals surface area (Å²) in [4.78, 5) is 12.3. The number of alkyl halides is 3. The average molecular weight is 450 g/mol. The van der Waals surface area contributed by atoms with E-state index < -0.39 is 21.6 Å². The number of rotatable bonds is 4. The highest BCUT2D eigenvalue weighted by Crippen LogP contribution is 2.34. The Bertz CT molecular complexity index is 1340. The van der Waals surface area contributed by atoms with Crippen molar-refractivity contribution in [2.45, 2.75) is 23.7 Å². The molecule has 0 unspecified atom stereocenters. The van der Waals surface area contributed by atoms with E-state index in [4.69, 9.17) is 0 Å². The molecule has 154 valence electrons. The maximum absolute atomic E-state index is 13.0. The molecule has 2 aromatic carbocycles. The standard InChI is InChI=1S/C19H13F3N4O2S2/c1-11-6-12(19(20,21)22)2-4-14(11)18-15-5-3-13(7-16(15)23-9-25-18)30(27,28)8-17-24-10-26-29-17/h2-7,9-10H,8H2,1H3. The average Bonchev–Trinajstić information content (AvgIpc) is 3.18. The third-order valence-corrected chi connectivity index (χ3v) is 6.96. The van der Waals surface area contributed by atoms with Crippen molar-refractivity contribution in [3.8, 4) is 11.3 Å². The molecule has 0 aliphatic carbocycles. The SMILES string of the molecule is Cc1cc(C(F)(F)F)ccc1-c1ncnc2cc(S(=O)(=O)Cc3ncns3)ccc12. The van der Waals surface area contributed by atoms with Crippen molar-refractivity contribution in [1.82, 2.24) is 19.3 Å². The topological polar surface area (TPSA) is 85.7 Å². The van der Waals surface area contributed by atoms with E-state index in [1.165, 1.54) is 30.9 Å². The summed E-state index contributed by atoms with van der Waals surface area (Å²) < 4.78 is 68.0. The highest BCUT2D eigenvalue weighted by Gasteiger charge is 2.31. The molecule has 6 nitrogen and oxygen atoms in total. The van der Waals surface area contributed by atoms with Gasteiger partial charge in [0.1, 0.15) is 23.4 Å². The lowest BCUT2D eigenvalue weighted by molar-refractivity contribution is -0.137. The number of benzene rings is 2. The Labute approximate surface area is 173 Å². The van der Waals surface area contributed by atoms with E-state index in [-0.39, 0.29) is 10.6 Å². The Hall–Kier alpha value is -2.92. The van der Waals surface area contributed by atoms with Crippen LogP contribution in [0.5, 0.6) is 0 Å². The maximum Gasteiger partial charge on any atom is 0.416 e. The van der Waals surface area contributed by atoms with E-state index in [1.54, 1.807) is 13.0 Å². The second-order valence-electron chi connectivity index (χ2n) is 6.52. The van der Waals surface area contributed by atoms with Gasteiger partial charge in [0, 0.05) is 10.9 Å². The molecule has 0 N–H and O–H groups in total. The van der Waals surface area contributed by atoms with Crippen molar-refractivity contribution in [2.24, 2.45) is 0 Å². The van der Waals surface area contributed by atoms with Crippen LogP contribution in [0.25, 0.3) is 22.2 Å². The molecule has 30 heavy (non-hydrogen) atoms. The number of nitrogens with zero attached hydrogens (tertiary/aromatic N) is 4. The van der Waals surface area contributed by atoms with Crippen LogP contribution in [0, 0.1) is 6.92 Å². The van der Waals surface area contributed by atoms with Crippen LogP contribution in [0.1, 0.15) is 16.1 Å². The first-order valence-electron chi connectivity index (χ1n) is 8.56. The van der Waals surface area contributed by atoms with E-state index in [0.29, 0.717) is 32.7 Å². The predicted molar refractivity (Wildman–Crippen MR) is 106 cm³/mol. The lowest BCUT2D eigenvalue weighted by Crippen LogP contribution is -2.06. The fourth-order valence-electron chi connectivity index (χ4n) is 3.06. The molecule has 2 aromatic heterocycles. The molecule has 4 rings (SSSR count). The molecule has 0 bridgehead atoms. The summed E-state index contributed by atoms with van der Waals surface area (Å²) in [6.07, 6.45) is -1.88. The van der Waals surface area contributed by atoms with Crippen LogP contribution in [0.3, 0.4) is 0 Å². The van der Waals surface area contributed by atoms with Gasteiger partial charge in [0.25, 0.3) is 0 Å². The van der Waals surface area contributed by atoms with E-state index >= 15 is 0 Å². The molecular formula is C19H13F3N4O2S2. The van der Waals surface area contributed by atoms with Crippen LogP contribution in [-0.4, -0.2) is 27.7 Å². The Morgan fingerprint density at radius 3 is 2.47 bits per heavy atom. The van der Waals surface area contributed by atoms with Crippen molar-refractivity contribution >= 4 is 32.3 Å². The fourth-order valence-corrected chi connectivity index (χ4v) is 5.18. The first-order chi connectivity index (χ1) is 14.1. The normalized spacial score (nSPS) is 12.4. The lowest BCUT2D eigenvalue weighted by atomic mass is 9.99. The van der Waals surface area contributed by atoms with Gasteiger partial charge in [-0.1, -0.05) is 6.07 Å². The summed E-state index contributed by atoms with van der Waals surface area (Å²) in [6, 6.07) is 7.84. The number of fused-ring (bicyclic) bond motifs is 1. The summed E-state index contributed by atoms with van der Waals surface area (Å²) in [5.41, 5.74) is 0.974. The van der Waals surface area contributed by atoms with E-state index in [0.717, 1.165) is 23.7 Å². The molecule has 4 aromatic rings. The van der Waals surface area contributed by atoms with Gasteiger partial charge in [-0.25, -0.2) is 23.4 Å². The Morgan fingerprint density at radius 1 is 1.00 bits per heavy atom. The van der Waals surface area contributed by atoms with Crippen molar-refractivity contribution < 1.29 is 21.6 Å². The van der Waals surface area contributed by atoms with Gasteiger partial charge in [-0.15, -0.1) is 0 Å². The molecule has 0 spiro atoms. The van der Waals surface area contributed by atoms with Crippen LogP contribution < -0.4 is 0 Å². The minimum atomic E-state index is -4.44. The number of hydrogen-bond acceptors (Lipinski definition) is 7. The highest BCUT2D eigenvalue weighted by molar-refractivity contribution is 7.90. The Balaban J connectivity index is 1.77. The van der Waals surface area contributed by atoms with Crippen molar-refractivity contribution in [3.05, 3.63) is 65.2 Å². The third kappa shape index (κ3) is 3.90. The first kappa shape index (κ1) is 20.4. The zero-order chi connectivity index (χ0) is 21.5. The first-order valence-corrected chi connectivity index (χ1v) is 11.0. The van der Waals surface area contributed by atoms with E-state index in [9.17, 15) is 21.6 Å². The lowest BCUT2D eigenvalue weighted by Gasteiger charge is -2.12. The third-order valence-electron chi connectivity index (χ3n) is 4.50. The predicted octanol–water partition coefficient (Wildman–Crippen LogP) is 4.45. The monoisotopic (exact) mass is 450 g/mol. The number of aromatic nitrogens is 4. The molecule has 0 saturated carbocycles. The molecule has 2 heterocycles. The summed E-state index contributed by atoms with van der Waals surface area (Å²) in [5.74, 6) is -0.279. The quantitative estimate of drug-likeness (QED) is 0.457. The summed E-state index contributed by atoms with van der Waals surface area (Å²) in [7, 11) is -3.66. The number of hydrogen-bond donors (Lipinski definition) is 0. The highest BCUT2D eigenvalue weighted by atomic mass is 32.2. The van der Waals surface area contributed by atoms with Crippen molar-refractivity contribution in [2.75, 3.05) is 0 Å². The molecule has 0 saturated heterocycles. The molecule has 0 atom stereocenters. The van der Waals surface area contributed by atoms with Crippen LogP contribution >= 0.6 is 11.5 Å². The Kier molecular flexibility index (Phi) is 5.02. The molecule has 0 radical (unpaired) electrons. The zero-order valence-electron chi connectivity index (χ0n) is 15.4. The largest absolute Gasteiger partial charge is 0.416 e.